The van der Waals surface area contributed by atoms with Gasteiger partial charge in [-0.05, 0) is 139 Å². The van der Waals surface area contributed by atoms with Gasteiger partial charge in [-0.1, -0.05) is 159 Å². The molecule has 0 N–H and O–H groups in total. The second-order valence-electron chi connectivity index (χ2n) is 17.7. The van der Waals surface area contributed by atoms with Gasteiger partial charge >= 0.3 is 0 Å². The van der Waals surface area contributed by atoms with Crippen LogP contribution in [0.25, 0.3) is 66.4 Å². The number of anilines is 3. The van der Waals surface area contributed by atoms with Crippen molar-refractivity contribution in [3.8, 4) is 44.5 Å². The summed E-state index contributed by atoms with van der Waals surface area (Å²) in [5, 5.41) is 2.28. The highest BCUT2D eigenvalue weighted by Crippen LogP contribution is 2.63. The third-order valence-electron chi connectivity index (χ3n) is 14.1. The molecule has 0 aliphatic heterocycles. The number of hydrogen-bond donors (Lipinski definition) is 0. The van der Waals surface area contributed by atoms with Crippen LogP contribution in [0.2, 0.25) is 0 Å². The predicted octanol–water partition coefficient (Wildman–Crippen LogP) is 15.7. The minimum atomic E-state index is -0.438. The van der Waals surface area contributed by atoms with Crippen LogP contribution in [0.3, 0.4) is 0 Å². The van der Waals surface area contributed by atoms with E-state index in [9.17, 15) is 0 Å². The van der Waals surface area contributed by atoms with Crippen molar-refractivity contribution in [1.29, 1.82) is 0 Å². The molecular formula is C59H41NO. The van der Waals surface area contributed by atoms with Crippen molar-refractivity contribution in [2.75, 3.05) is 4.90 Å². The van der Waals surface area contributed by atoms with Gasteiger partial charge in [-0.15, -0.1) is 0 Å². The van der Waals surface area contributed by atoms with E-state index in [-0.39, 0.29) is 5.41 Å². The average Bonchev–Trinajstić information content (AvgIpc) is 3.98. The fourth-order valence-corrected chi connectivity index (χ4v) is 11.4. The van der Waals surface area contributed by atoms with E-state index in [2.05, 4.69) is 208 Å². The molecule has 61 heavy (non-hydrogen) atoms. The van der Waals surface area contributed by atoms with Crippen molar-refractivity contribution in [2.24, 2.45) is 0 Å². The van der Waals surface area contributed by atoms with Crippen LogP contribution in [0.5, 0.6) is 0 Å². The van der Waals surface area contributed by atoms with Gasteiger partial charge in [0, 0.05) is 33.2 Å². The maximum atomic E-state index is 6.18. The molecule has 1 aromatic heterocycles. The Morgan fingerprint density at radius 2 is 0.852 bits per heavy atom. The van der Waals surface area contributed by atoms with Gasteiger partial charge in [0.25, 0.3) is 0 Å². The first-order chi connectivity index (χ1) is 29.9. The minimum Gasteiger partial charge on any atom is -0.456 e. The monoisotopic (exact) mass is 779 g/mol. The Morgan fingerprint density at radius 3 is 1.56 bits per heavy atom. The molecule has 3 aliphatic rings. The zero-order valence-electron chi connectivity index (χ0n) is 34.3. The number of aryl methyl sites for hydroxylation is 1. The molecule has 10 aromatic rings. The first-order valence-electron chi connectivity index (χ1n) is 21.4. The standard InChI is InChI=1S/C59H41NO/c1-36-20-28-46-47-30-27-41(35-55(47)59(54(46)32-36)51-17-9-5-13-43(51)44-14-6-10-18-52(44)59)60(40-26-29-45-42-12-4-8-16-50(42)58(2,3)53(45)34-40)39-24-21-37(22-25-39)38-23-31-57-49(33-38)48-15-7-11-19-56(48)61-57/h4-35H,1-3H3. The number of para-hydroxylation sites is 1. The van der Waals surface area contributed by atoms with E-state index in [0.717, 1.165) is 39.0 Å². The van der Waals surface area contributed by atoms with E-state index in [1.807, 2.05) is 12.1 Å². The number of rotatable bonds is 4. The first-order valence-corrected chi connectivity index (χ1v) is 21.4. The molecule has 0 fully saturated rings. The van der Waals surface area contributed by atoms with E-state index in [1.54, 1.807) is 0 Å². The molecule has 1 spiro atoms. The summed E-state index contributed by atoms with van der Waals surface area (Å²) >= 11 is 0. The van der Waals surface area contributed by atoms with Crippen LogP contribution in [0, 0.1) is 6.92 Å². The number of hydrogen-bond acceptors (Lipinski definition) is 2. The lowest BCUT2D eigenvalue weighted by molar-refractivity contribution is 0.660. The fraction of sp³-hybridized carbons (Fsp3) is 0.0847. The van der Waals surface area contributed by atoms with Gasteiger partial charge in [0.05, 0.1) is 5.41 Å². The third-order valence-corrected chi connectivity index (χ3v) is 14.1. The molecule has 1 heterocycles. The van der Waals surface area contributed by atoms with Crippen molar-refractivity contribution in [3.63, 3.8) is 0 Å². The SMILES string of the molecule is Cc1ccc2c(c1)C1(c3ccccc3-c3ccccc31)c1cc(N(c3ccc(-c4ccc5oc6ccccc6c5c4)cc3)c3ccc4c(c3)C(C)(C)c3ccccc3-4)ccc1-2. The summed E-state index contributed by atoms with van der Waals surface area (Å²) < 4.78 is 6.18. The Hall–Kier alpha value is -7.42. The van der Waals surface area contributed by atoms with E-state index in [1.165, 1.54) is 83.5 Å². The molecule has 288 valence electrons. The Morgan fingerprint density at radius 1 is 0.361 bits per heavy atom. The van der Waals surface area contributed by atoms with Gasteiger partial charge in [0.1, 0.15) is 11.2 Å². The molecule has 9 aromatic carbocycles. The lowest BCUT2D eigenvalue weighted by Crippen LogP contribution is -2.26. The fourth-order valence-electron chi connectivity index (χ4n) is 11.4. The van der Waals surface area contributed by atoms with Crippen molar-refractivity contribution in [2.45, 2.75) is 31.6 Å². The molecule has 0 atom stereocenters. The van der Waals surface area contributed by atoms with Crippen LogP contribution in [0.15, 0.2) is 199 Å². The quantitative estimate of drug-likeness (QED) is 0.177. The molecule has 0 saturated heterocycles. The molecule has 3 aliphatic carbocycles. The molecule has 2 heteroatoms. The summed E-state index contributed by atoms with van der Waals surface area (Å²) in [6, 6.07) is 72.5. The molecular weight excluding hydrogens is 739 g/mol. The second-order valence-corrected chi connectivity index (χ2v) is 17.7. The van der Waals surface area contributed by atoms with Gasteiger partial charge in [-0.2, -0.15) is 0 Å². The summed E-state index contributed by atoms with van der Waals surface area (Å²) in [7, 11) is 0. The highest BCUT2D eigenvalue weighted by atomic mass is 16.3. The Labute approximate surface area is 356 Å². The lowest BCUT2D eigenvalue weighted by Gasteiger charge is -2.32. The van der Waals surface area contributed by atoms with Gasteiger partial charge < -0.3 is 9.32 Å². The summed E-state index contributed by atoms with van der Waals surface area (Å²) in [6.07, 6.45) is 0. The number of nitrogens with zero attached hydrogens (tertiary/aromatic N) is 1. The maximum Gasteiger partial charge on any atom is 0.135 e. The Kier molecular flexibility index (Phi) is 6.95. The molecule has 0 bridgehead atoms. The molecule has 0 saturated carbocycles. The zero-order chi connectivity index (χ0) is 40.6. The van der Waals surface area contributed by atoms with Gasteiger partial charge in [-0.25, -0.2) is 0 Å². The van der Waals surface area contributed by atoms with Gasteiger partial charge in [0.2, 0.25) is 0 Å². The maximum absolute atomic E-state index is 6.18. The topological polar surface area (TPSA) is 16.4 Å². The highest BCUT2D eigenvalue weighted by molar-refractivity contribution is 6.06. The zero-order valence-corrected chi connectivity index (χ0v) is 34.3. The highest BCUT2D eigenvalue weighted by Gasteiger charge is 2.52. The first kappa shape index (κ1) is 34.4. The summed E-state index contributed by atoms with van der Waals surface area (Å²) in [4.78, 5) is 2.48. The smallest absolute Gasteiger partial charge is 0.135 e. The summed E-state index contributed by atoms with van der Waals surface area (Å²) in [6.45, 7) is 6.96. The van der Waals surface area contributed by atoms with Crippen molar-refractivity contribution >= 4 is 39.0 Å². The Balaban J connectivity index is 1.02. The van der Waals surface area contributed by atoms with E-state index in [0.29, 0.717) is 0 Å². The predicted molar refractivity (Wildman–Crippen MR) is 252 cm³/mol. The third kappa shape index (κ3) is 4.62. The molecule has 13 rings (SSSR count). The van der Waals surface area contributed by atoms with Gasteiger partial charge in [0.15, 0.2) is 0 Å². The van der Waals surface area contributed by atoms with Crippen LogP contribution < -0.4 is 4.90 Å². The van der Waals surface area contributed by atoms with Gasteiger partial charge in [-0.3, -0.25) is 0 Å². The normalized spacial score (nSPS) is 14.4. The van der Waals surface area contributed by atoms with Crippen LogP contribution >= 0.6 is 0 Å². The van der Waals surface area contributed by atoms with Crippen molar-refractivity contribution in [1.82, 2.24) is 0 Å². The van der Waals surface area contributed by atoms with E-state index < -0.39 is 5.41 Å². The van der Waals surface area contributed by atoms with Crippen LogP contribution in [0.1, 0.15) is 52.8 Å². The lowest BCUT2D eigenvalue weighted by atomic mass is 9.70. The van der Waals surface area contributed by atoms with E-state index in [4.69, 9.17) is 4.42 Å². The van der Waals surface area contributed by atoms with Crippen molar-refractivity contribution < 1.29 is 4.42 Å². The average molecular weight is 780 g/mol. The Bertz CT molecular complexity index is 3430. The number of benzene rings is 9. The van der Waals surface area contributed by atoms with E-state index >= 15 is 0 Å². The molecule has 0 amide bonds. The van der Waals surface area contributed by atoms with Crippen LogP contribution in [-0.4, -0.2) is 0 Å². The van der Waals surface area contributed by atoms with Crippen LogP contribution in [-0.2, 0) is 10.8 Å². The second kappa shape index (κ2) is 12.3. The molecule has 0 radical (unpaired) electrons. The number of fused-ring (bicyclic) bond motifs is 16. The minimum absolute atomic E-state index is 0.133. The molecule has 2 nitrogen and oxygen atoms in total. The molecule has 0 unspecified atom stereocenters. The number of furan rings is 1. The largest absolute Gasteiger partial charge is 0.456 e. The van der Waals surface area contributed by atoms with Crippen molar-refractivity contribution in [3.05, 3.63) is 233 Å². The van der Waals surface area contributed by atoms with Crippen LogP contribution in [0.4, 0.5) is 17.1 Å². The summed E-state index contributed by atoms with van der Waals surface area (Å²) in [5.41, 5.74) is 24.3. The summed E-state index contributed by atoms with van der Waals surface area (Å²) in [5.74, 6) is 0.